The van der Waals surface area contributed by atoms with E-state index in [4.69, 9.17) is 4.74 Å². The lowest BCUT2D eigenvalue weighted by atomic mass is 9.71. The molecule has 2 atom stereocenters. The maximum absolute atomic E-state index is 12.2. The summed E-state index contributed by atoms with van der Waals surface area (Å²) >= 11 is 0. The molecule has 0 unspecified atom stereocenters. The van der Waals surface area contributed by atoms with Gasteiger partial charge in [0.1, 0.15) is 5.41 Å². The first-order valence-corrected chi connectivity index (χ1v) is 6.45. The zero-order chi connectivity index (χ0) is 13.2. The van der Waals surface area contributed by atoms with Crippen LogP contribution in [-0.2, 0) is 14.3 Å². The summed E-state index contributed by atoms with van der Waals surface area (Å²) in [6.07, 6.45) is 6.27. The van der Waals surface area contributed by atoms with Gasteiger partial charge in [-0.1, -0.05) is 18.9 Å². The minimum Gasteiger partial charge on any atom is -0.465 e. The average Bonchev–Trinajstić information content (AvgIpc) is 2.48. The Morgan fingerprint density at radius 3 is 2.89 bits per heavy atom. The van der Waals surface area contributed by atoms with Gasteiger partial charge in [0, 0.05) is 6.08 Å². The molecule has 0 bridgehead atoms. The van der Waals surface area contributed by atoms with E-state index in [0.29, 0.717) is 12.8 Å². The third-order valence-corrected chi connectivity index (χ3v) is 3.84. The fourth-order valence-corrected chi connectivity index (χ4v) is 2.85. The van der Waals surface area contributed by atoms with E-state index < -0.39 is 17.1 Å². The number of esters is 1. The number of fused-ring (bicyclic) bond motifs is 1. The van der Waals surface area contributed by atoms with Gasteiger partial charge >= 0.3 is 5.97 Å². The molecule has 0 aromatic rings. The molecule has 5 heteroatoms. The van der Waals surface area contributed by atoms with Crippen LogP contribution in [0.3, 0.4) is 0 Å². The molecule has 2 rings (SSSR count). The van der Waals surface area contributed by atoms with E-state index in [1.54, 1.807) is 6.92 Å². The van der Waals surface area contributed by atoms with Crippen molar-refractivity contribution < 1.29 is 19.4 Å². The fraction of sp³-hybridized carbons (Fsp3) is 0.692. The van der Waals surface area contributed by atoms with Crippen LogP contribution in [0.15, 0.2) is 12.2 Å². The van der Waals surface area contributed by atoms with Gasteiger partial charge in [0.2, 0.25) is 5.91 Å². The van der Waals surface area contributed by atoms with Crippen LogP contribution in [-0.4, -0.2) is 29.3 Å². The Bertz CT molecular complexity index is 392. The Morgan fingerprint density at radius 1 is 1.44 bits per heavy atom. The van der Waals surface area contributed by atoms with Crippen molar-refractivity contribution in [2.45, 2.75) is 44.8 Å². The molecule has 0 aromatic heterocycles. The number of aliphatic hydroxyl groups is 1. The Kier molecular flexibility index (Phi) is 3.43. The molecule has 0 spiro atoms. The van der Waals surface area contributed by atoms with Gasteiger partial charge in [-0.2, -0.15) is 0 Å². The molecule has 2 N–H and O–H groups in total. The summed E-state index contributed by atoms with van der Waals surface area (Å²) in [5.74, 6) is -0.815. The van der Waals surface area contributed by atoms with E-state index in [1.165, 1.54) is 12.2 Å². The van der Waals surface area contributed by atoms with Crippen molar-refractivity contribution in [3.63, 3.8) is 0 Å². The maximum atomic E-state index is 12.2. The second-order valence-corrected chi connectivity index (χ2v) is 4.94. The van der Waals surface area contributed by atoms with Crippen molar-refractivity contribution in [3.05, 3.63) is 12.2 Å². The Morgan fingerprint density at radius 2 is 2.17 bits per heavy atom. The molecule has 5 nitrogen and oxygen atoms in total. The largest absolute Gasteiger partial charge is 0.465 e. The van der Waals surface area contributed by atoms with Gasteiger partial charge in [-0.05, 0) is 26.2 Å². The lowest BCUT2D eigenvalue weighted by molar-refractivity contribution is -0.177. The maximum Gasteiger partial charge on any atom is 0.320 e. The average molecular weight is 253 g/mol. The highest BCUT2D eigenvalue weighted by Crippen LogP contribution is 2.45. The number of nitrogens with one attached hydrogen (secondary N) is 1. The first kappa shape index (κ1) is 13.1. The summed E-state index contributed by atoms with van der Waals surface area (Å²) in [4.78, 5) is 23.7. The van der Waals surface area contributed by atoms with Crippen LogP contribution < -0.4 is 5.32 Å². The van der Waals surface area contributed by atoms with Crippen LogP contribution in [0, 0.1) is 5.41 Å². The molecule has 100 valence electrons. The van der Waals surface area contributed by atoms with Gasteiger partial charge < -0.3 is 15.2 Å². The summed E-state index contributed by atoms with van der Waals surface area (Å²) in [6, 6.07) is 0. The van der Waals surface area contributed by atoms with Crippen LogP contribution in [0.4, 0.5) is 0 Å². The lowest BCUT2D eigenvalue weighted by Gasteiger charge is -2.44. The summed E-state index contributed by atoms with van der Waals surface area (Å²) in [5, 5.41) is 13.2. The van der Waals surface area contributed by atoms with Crippen molar-refractivity contribution in [2.75, 3.05) is 6.61 Å². The van der Waals surface area contributed by atoms with E-state index in [1.807, 2.05) is 0 Å². The quantitative estimate of drug-likeness (QED) is 0.716. The van der Waals surface area contributed by atoms with Crippen molar-refractivity contribution in [2.24, 2.45) is 5.41 Å². The summed E-state index contributed by atoms with van der Waals surface area (Å²) in [6.45, 7) is 1.99. The molecule has 1 heterocycles. The van der Waals surface area contributed by atoms with E-state index in [9.17, 15) is 14.7 Å². The highest BCUT2D eigenvalue weighted by molar-refractivity contribution is 5.93. The molecule has 1 amide bonds. The summed E-state index contributed by atoms with van der Waals surface area (Å²) < 4.78 is 5.10. The predicted octanol–water partition coefficient (Wildman–Crippen LogP) is 0.875. The molecule has 0 radical (unpaired) electrons. The third-order valence-electron chi connectivity index (χ3n) is 3.84. The molecule has 1 fully saturated rings. The Labute approximate surface area is 106 Å². The number of rotatable bonds is 2. The Balaban J connectivity index is 2.43. The minimum atomic E-state index is -1.51. The molecule has 18 heavy (non-hydrogen) atoms. The number of ether oxygens (including phenoxy) is 1. The topological polar surface area (TPSA) is 75.6 Å². The predicted molar refractivity (Wildman–Crippen MR) is 64.4 cm³/mol. The van der Waals surface area contributed by atoms with Gasteiger partial charge in [0.25, 0.3) is 0 Å². The van der Waals surface area contributed by atoms with Crippen LogP contribution in [0.25, 0.3) is 0 Å². The normalized spacial score (nSPS) is 35.3. The van der Waals surface area contributed by atoms with Gasteiger partial charge in [-0.15, -0.1) is 0 Å². The van der Waals surface area contributed by atoms with E-state index >= 15 is 0 Å². The van der Waals surface area contributed by atoms with E-state index in [2.05, 4.69) is 5.32 Å². The molecule has 0 aromatic carbocycles. The first-order valence-electron chi connectivity index (χ1n) is 6.45. The molecule has 2 aliphatic rings. The SMILES string of the molecule is CCOC(=O)[C@@]12C=CC(=O)N[C@]1(O)CCCCC2. The van der Waals surface area contributed by atoms with Crippen LogP contribution in [0.2, 0.25) is 0 Å². The lowest BCUT2D eigenvalue weighted by Crippen LogP contribution is -2.64. The van der Waals surface area contributed by atoms with E-state index in [-0.39, 0.29) is 12.5 Å². The van der Waals surface area contributed by atoms with Gasteiger partial charge in [0.15, 0.2) is 5.72 Å². The summed E-state index contributed by atoms with van der Waals surface area (Å²) in [5.41, 5.74) is -2.64. The molecule has 1 saturated carbocycles. The van der Waals surface area contributed by atoms with Gasteiger partial charge in [-0.25, -0.2) is 0 Å². The smallest absolute Gasteiger partial charge is 0.320 e. The number of amides is 1. The summed E-state index contributed by atoms with van der Waals surface area (Å²) in [7, 11) is 0. The standard InChI is InChI=1S/C13H19NO4/c1-2-18-11(16)12-7-4-3-5-8-13(12,17)14-10(15)6-9-12/h6,9,17H,2-5,7-8H2,1H3,(H,14,15)/t12-,13+/m1/s1. The van der Waals surface area contributed by atoms with Crippen LogP contribution >= 0.6 is 0 Å². The Hall–Kier alpha value is -1.36. The van der Waals surface area contributed by atoms with Crippen molar-refractivity contribution in [3.8, 4) is 0 Å². The van der Waals surface area contributed by atoms with Crippen molar-refractivity contribution in [1.29, 1.82) is 0 Å². The highest BCUT2D eigenvalue weighted by atomic mass is 16.5. The highest BCUT2D eigenvalue weighted by Gasteiger charge is 2.57. The molecule has 0 saturated heterocycles. The van der Waals surface area contributed by atoms with Crippen molar-refractivity contribution >= 4 is 11.9 Å². The molecular formula is C13H19NO4. The number of carbonyl (C=O) groups is 2. The second kappa shape index (κ2) is 4.72. The molecular weight excluding hydrogens is 234 g/mol. The number of hydrogen-bond donors (Lipinski definition) is 2. The molecule has 1 aliphatic carbocycles. The first-order chi connectivity index (χ1) is 8.54. The minimum absolute atomic E-state index is 0.262. The monoisotopic (exact) mass is 253 g/mol. The van der Waals surface area contributed by atoms with Gasteiger partial charge in [-0.3, -0.25) is 9.59 Å². The zero-order valence-electron chi connectivity index (χ0n) is 10.6. The zero-order valence-corrected chi connectivity index (χ0v) is 10.6. The fourth-order valence-electron chi connectivity index (χ4n) is 2.85. The van der Waals surface area contributed by atoms with E-state index in [0.717, 1.165) is 19.3 Å². The number of hydrogen-bond acceptors (Lipinski definition) is 4. The molecule has 1 aliphatic heterocycles. The van der Waals surface area contributed by atoms with Crippen LogP contribution in [0.1, 0.15) is 39.0 Å². The second-order valence-electron chi connectivity index (χ2n) is 4.94. The third kappa shape index (κ3) is 1.92. The van der Waals surface area contributed by atoms with Gasteiger partial charge in [0.05, 0.1) is 6.61 Å². The van der Waals surface area contributed by atoms with Crippen LogP contribution in [0.5, 0.6) is 0 Å². The number of carbonyl (C=O) groups excluding carboxylic acids is 2. The van der Waals surface area contributed by atoms with Crippen molar-refractivity contribution in [1.82, 2.24) is 5.32 Å².